The Morgan fingerprint density at radius 3 is 2.32 bits per heavy atom. The van der Waals surface area contributed by atoms with Gasteiger partial charge in [0.25, 0.3) is 0 Å². The molecule has 0 aromatic heterocycles. The molecule has 3 atom stereocenters. The SMILES string of the molecule is COC(=O)[C@@H]1[C@@H](C)[C@](C)(O)CN1C(=O)OC(C)(C)C. The van der Waals surface area contributed by atoms with Gasteiger partial charge in [0.2, 0.25) is 0 Å². The fraction of sp³-hybridized carbons (Fsp3) is 0.846. The molecule has 0 unspecified atom stereocenters. The van der Waals surface area contributed by atoms with Crippen LogP contribution in [0.3, 0.4) is 0 Å². The van der Waals surface area contributed by atoms with E-state index >= 15 is 0 Å². The van der Waals surface area contributed by atoms with Crippen LogP contribution < -0.4 is 0 Å². The summed E-state index contributed by atoms with van der Waals surface area (Å²) in [6.07, 6.45) is -0.618. The molecule has 1 N–H and O–H groups in total. The van der Waals surface area contributed by atoms with E-state index in [9.17, 15) is 14.7 Å². The van der Waals surface area contributed by atoms with E-state index in [0.717, 1.165) is 0 Å². The molecule has 0 aliphatic carbocycles. The number of aliphatic hydroxyl groups is 1. The highest BCUT2D eigenvalue weighted by atomic mass is 16.6. The summed E-state index contributed by atoms with van der Waals surface area (Å²) in [5.41, 5.74) is -1.80. The van der Waals surface area contributed by atoms with E-state index in [1.807, 2.05) is 0 Å². The lowest BCUT2D eigenvalue weighted by molar-refractivity contribution is -0.147. The molecule has 1 heterocycles. The molecule has 0 aromatic carbocycles. The highest BCUT2D eigenvalue weighted by molar-refractivity contribution is 5.83. The number of esters is 1. The minimum Gasteiger partial charge on any atom is -0.467 e. The first-order chi connectivity index (χ1) is 8.49. The summed E-state index contributed by atoms with van der Waals surface area (Å²) < 4.78 is 9.97. The third kappa shape index (κ3) is 3.37. The van der Waals surface area contributed by atoms with Gasteiger partial charge in [0, 0.05) is 5.92 Å². The molecule has 0 bridgehead atoms. The average Bonchev–Trinajstić information content (AvgIpc) is 2.47. The summed E-state index contributed by atoms with van der Waals surface area (Å²) in [5, 5.41) is 10.2. The van der Waals surface area contributed by atoms with Crippen molar-refractivity contribution in [1.29, 1.82) is 0 Å². The van der Waals surface area contributed by atoms with Gasteiger partial charge in [-0.25, -0.2) is 9.59 Å². The maximum atomic E-state index is 12.1. The van der Waals surface area contributed by atoms with Gasteiger partial charge in [0.1, 0.15) is 11.6 Å². The molecule has 6 heteroatoms. The number of nitrogens with zero attached hydrogens (tertiary/aromatic N) is 1. The number of carbonyl (C=O) groups excluding carboxylic acids is 2. The Morgan fingerprint density at radius 2 is 1.89 bits per heavy atom. The Morgan fingerprint density at radius 1 is 1.37 bits per heavy atom. The lowest BCUT2D eigenvalue weighted by Gasteiger charge is -2.28. The number of amides is 1. The van der Waals surface area contributed by atoms with Gasteiger partial charge in [-0.3, -0.25) is 4.90 Å². The van der Waals surface area contributed by atoms with Gasteiger partial charge in [-0.2, -0.15) is 0 Å². The van der Waals surface area contributed by atoms with Crippen molar-refractivity contribution >= 4 is 12.1 Å². The molecule has 110 valence electrons. The standard InChI is InChI=1S/C13H23NO5/c1-8-9(10(15)18-6)14(7-13(8,5)17)11(16)19-12(2,3)4/h8-9,17H,7H2,1-6H3/t8-,9+,13-/m1/s1. The fourth-order valence-corrected chi connectivity index (χ4v) is 2.15. The summed E-state index contributed by atoms with van der Waals surface area (Å²) >= 11 is 0. The molecule has 0 radical (unpaired) electrons. The number of ether oxygens (including phenoxy) is 2. The number of likely N-dealkylation sites (tertiary alicyclic amines) is 1. The first-order valence-corrected chi connectivity index (χ1v) is 6.29. The maximum absolute atomic E-state index is 12.1. The van der Waals surface area contributed by atoms with Crippen LogP contribution in [0.15, 0.2) is 0 Å². The number of β-amino-alcohol motifs (C(OH)–C–C–N with tert-alkyl or cyclic N) is 1. The Bertz CT molecular complexity index is 372. The van der Waals surface area contributed by atoms with E-state index in [1.54, 1.807) is 34.6 Å². The van der Waals surface area contributed by atoms with Gasteiger partial charge in [-0.15, -0.1) is 0 Å². The molecular weight excluding hydrogens is 250 g/mol. The largest absolute Gasteiger partial charge is 0.467 e. The normalized spacial score (nSPS) is 31.2. The third-order valence-corrected chi connectivity index (χ3v) is 3.35. The highest BCUT2D eigenvalue weighted by Gasteiger charge is 2.52. The van der Waals surface area contributed by atoms with Crippen LogP contribution in [0.2, 0.25) is 0 Å². The second-order valence-corrected chi connectivity index (χ2v) is 6.22. The number of methoxy groups -OCH3 is 1. The number of rotatable bonds is 1. The Kier molecular flexibility index (Phi) is 4.14. The Labute approximate surface area is 113 Å². The second-order valence-electron chi connectivity index (χ2n) is 6.22. The van der Waals surface area contributed by atoms with Crippen molar-refractivity contribution in [3.05, 3.63) is 0 Å². The van der Waals surface area contributed by atoms with Crippen molar-refractivity contribution in [3.8, 4) is 0 Å². The van der Waals surface area contributed by atoms with Crippen LogP contribution in [0.4, 0.5) is 4.79 Å². The molecule has 1 saturated heterocycles. The summed E-state index contributed by atoms with van der Waals surface area (Å²) in [6.45, 7) is 8.59. The van der Waals surface area contributed by atoms with Crippen molar-refractivity contribution in [1.82, 2.24) is 4.90 Å². The van der Waals surface area contributed by atoms with Crippen molar-refractivity contribution in [3.63, 3.8) is 0 Å². The maximum Gasteiger partial charge on any atom is 0.411 e. The molecule has 1 rings (SSSR count). The van der Waals surface area contributed by atoms with E-state index in [1.165, 1.54) is 12.0 Å². The average molecular weight is 273 g/mol. The number of hydrogen-bond donors (Lipinski definition) is 1. The molecule has 1 amide bonds. The van der Waals surface area contributed by atoms with Crippen LogP contribution >= 0.6 is 0 Å². The summed E-state index contributed by atoms with van der Waals surface area (Å²) in [5.74, 6) is -0.969. The first-order valence-electron chi connectivity index (χ1n) is 6.29. The van der Waals surface area contributed by atoms with Crippen LogP contribution in [0, 0.1) is 5.92 Å². The van der Waals surface area contributed by atoms with E-state index in [4.69, 9.17) is 9.47 Å². The minimum atomic E-state index is -1.14. The van der Waals surface area contributed by atoms with Gasteiger partial charge in [0.15, 0.2) is 0 Å². The molecule has 1 aliphatic rings. The minimum absolute atomic E-state index is 0.0445. The molecule has 0 spiro atoms. The number of carbonyl (C=O) groups is 2. The zero-order chi connectivity index (χ0) is 15.0. The highest BCUT2D eigenvalue weighted by Crippen LogP contribution is 2.34. The molecule has 0 saturated carbocycles. The van der Waals surface area contributed by atoms with Crippen molar-refractivity contribution < 1.29 is 24.2 Å². The van der Waals surface area contributed by atoms with E-state index < -0.39 is 35.2 Å². The van der Waals surface area contributed by atoms with E-state index in [2.05, 4.69) is 0 Å². The number of hydrogen-bond acceptors (Lipinski definition) is 5. The fourth-order valence-electron chi connectivity index (χ4n) is 2.15. The molecule has 0 aromatic rings. The van der Waals surface area contributed by atoms with Crippen LogP contribution in [-0.4, -0.2) is 53.0 Å². The zero-order valence-electron chi connectivity index (χ0n) is 12.4. The van der Waals surface area contributed by atoms with E-state index in [-0.39, 0.29) is 6.54 Å². The molecular formula is C13H23NO5. The second kappa shape index (κ2) is 5.00. The van der Waals surface area contributed by atoms with Crippen molar-refractivity contribution in [2.24, 2.45) is 5.92 Å². The van der Waals surface area contributed by atoms with Gasteiger partial charge in [-0.05, 0) is 27.7 Å². The topological polar surface area (TPSA) is 76.1 Å². The van der Waals surface area contributed by atoms with Gasteiger partial charge >= 0.3 is 12.1 Å². The van der Waals surface area contributed by atoms with Crippen molar-refractivity contribution in [2.75, 3.05) is 13.7 Å². The molecule has 19 heavy (non-hydrogen) atoms. The van der Waals surface area contributed by atoms with Crippen LogP contribution in [0.5, 0.6) is 0 Å². The quantitative estimate of drug-likeness (QED) is 0.726. The predicted molar refractivity (Wildman–Crippen MR) is 68.5 cm³/mol. The zero-order valence-corrected chi connectivity index (χ0v) is 12.4. The third-order valence-electron chi connectivity index (χ3n) is 3.35. The monoisotopic (exact) mass is 273 g/mol. The predicted octanol–water partition coefficient (Wildman–Crippen LogP) is 1.17. The van der Waals surface area contributed by atoms with Crippen LogP contribution in [-0.2, 0) is 14.3 Å². The lowest BCUT2D eigenvalue weighted by Crippen LogP contribution is -2.45. The van der Waals surface area contributed by atoms with E-state index in [0.29, 0.717) is 0 Å². The lowest BCUT2D eigenvalue weighted by atomic mass is 9.90. The molecule has 6 nitrogen and oxygen atoms in total. The van der Waals surface area contributed by atoms with Crippen molar-refractivity contribution in [2.45, 2.75) is 51.9 Å². The molecule has 1 aliphatic heterocycles. The van der Waals surface area contributed by atoms with Crippen LogP contribution in [0.1, 0.15) is 34.6 Å². The summed E-state index contributed by atoms with van der Waals surface area (Å²) in [7, 11) is 1.26. The first kappa shape index (κ1) is 15.8. The summed E-state index contributed by atoms with van der Waals surface area (Å²) in [6, 6.07) is -0.824. The Balaban J connectivity index is 2.97. The van der Waals surface area contributed by atoms with Crippen LogP contribution in [0.25, 0.3) is 0 Å². The van der Waals surface area contributed by atoms with Gasteiger partial charge < -0.3 is 14.6 Å². The van der Waals surface area contributed by atoms with Gasteiger partial charge in [-0.1, -0.05) is 6.92 Å². The van der Waals surface area contributed by atoms with Gasteiger partial charge in [0.05, 0.1) is 19.3 Å². The molecule has 1 fully saturated rings. The Hall–Kier alpha value is -1.30. The summed E-state index contributed by atoms with van der Waals surface area (Å²) in [4.78, 5) is 25.2. The smallest absolute Gasteiger partial charge is 0.411 e.